The Kier molecular flexibility index (Phi) is 5.46. The van der Waals surface area contributed by atoms with Crippen LogP contribution in [0.15, 0.2) is 0 Å². The molecule has 3 aliphatic carbocycles. The maximum Gasteiger partial charge on any atom is -0.0241 e. The first-order valence-electron chi connectivity index (χ1n) is 9.92. The molecule has 0 bridgehead atoms. The minimum atomic E-state index is 0.799. The summed E-state index contributed by atoms with van der Waals surface area (Å²) in [5, 5.41) is 0. The van der Waals surface area contributed by atoms with Gasteiger partial charge in [-0.25, -0.2) is 0 Å². The molecule has 0 heteroatoms. The van der Waals surface area contributed by atoms with Gasteiger partial charge in [0.15, 0.2) is 0 Å². The van der Waals surface area contributed by atoms with Crippen molar-refractivity contribution in [3.63, 3.8) is 0 Å². The number of rotatable bonds is 2. The molecule has 0 saturated heterocycles. The molecule has 0 nitrogen and oxygen atoms in total. The second kappa shape index (κ2) is 7.32. The topological polar surface area (TPSA) is 0 Å². The molecule has 0 heterocycles. The lowest BCUT2D eigenvalue weighted by Gasteiger charge is -2.49. The van der Waals surface area contributed by atoms with E-state index in [0.29, 0.717) is 0 Å². The van der Waals surface area contributed by atoms with Crippen molar-refractivity contribution in [3.8, 4) is 0 Å². The van der Waals surface area contributed by atoms with E-state index in [-0.39, 0.29) is 0 Å². The van der Waals surface area contributed by atoms with Crippen LogP contribution in [0.1, 0.15) is 109 Å². The van der Waals surface area contributed by atoms with Crippen molar-refractivity contribution >= 4 is 0 Å². The first-order chi connectivity index (χ1) is 9.92. The molecule has 3 rings (SSSR count). The fraction of sp³-hybridized carbons (Fsp3) is 1.00. The molecule has 0 amide bonds. The summed E-state index contributed by atoms with van der Waals surface area (Å²) >= 11 is 0. The van der Waals surface area contributed by atoms with Crippen molar-refractivity contribution in [2.24, 2.45) is 17.3 Å². The van der Waals surface area contributed by atoms with E-state index >= 15 is 0 Å². The molecule has 3 saturated carbocycles. The van der Waals surface area contributed by atoms with Crippen LogP contribution in [-0.2, 0) is 0 Å². The van der Waals surface area contributed by atoms with E-state index in [2.05, 4.69) is 0 Å². The highest BCUT2D eigenvalue weighted by Crippen LogP contribution is 2.55. The summed E-state index contributed by atoms with van der Waals surface area (Å²) in [4.78, 5) is 0. The Morgan fingerprint density at radius 1 is 0.400 bits per heavy atom. The first-order valence-corrected chi connectivity index (χ1v) is 9.92. The highest BCUT2D eigenvalue weighted by Gasteiger charge is 2.44. The highest BCUT2D eigenvalue weighted by atomic mass is 14.5. The second-order valence-electron chi connectivity index (χ2n) is 8.17. The quantitative estimate of drug-likeness (QED) is 0.482. The molecule has 0 aromatic rings. The van der Waals surface area contributed by atoms with Gasteiger partial charge in [0.25, 0.3) is 0 Å². The molecule has 0 unspecified atom stereocenters. The molecule has 0 spiro atoms. The largest absolute Gasteiger partial charge is 0.0533 e. The number of hydrogen-bond donors (Lipinski definition) is 0. The molecule has 0 radical (unpaired) electrons. The van der Waals surface area contributed by atoms with Crippen LogP contribution in [0.5, 0.6) is 0 Å². The highest BCUT2D eigenvalue weighted by molar-refractivity contribution is 4.95. The summed E-state index contributed by atoms with van der Waals surface area (Å²) < 4.78 is 0. The van der Waals surface area contributed by atoms with Crippen molar-refractivity contribution in [2.45, 2.75) is 109 Å². The Labute approximate surface area is 127 Å². The zero-order chi connectivity index (χ0) is 13.7. The van der Waals surface area contributed by atoms with Crippen molar-refractivity contribution in [2.75, 3.05) is 0 Å². The molecule has 0 aromatic heterocycles. The van der Waals surface area contributed by atoms with Crippen molar-refractivity contribution < 1.29 is 0 Å². The predicted octanol–water partition coefficient (Wildman–Crippen LogP) is 6.88. The Morgan fingerprint density at radius 2 is 0.750 bits per heavy atom. The lowest BCUT2D eigenvalue weighted by atomic mass is 9.56. The molecular weight excluding hydrogens is 240 g/mol. The van der Waals surface area contributed by atoms with Gasteiger partial charge in [0, 0.05) is 0 Å². The van der Waals surface area contributed by atoms with Crippen molar-refractivity contribution in [1.29, 1.82) is 0 Å². The van der Waals surface area contributed by atoms with E-state index in [1.165, 1.54) is 32.1 Å². The first kappa shape index (κ1) is 14.9. The minimum Gasteiger partial charge on any atom is -0.0533 e. The molecule has 3 fully saturated rings. The molecule has 116 valence electrons. The van der Waals surface area contributed by atoms with Crippen molar-refractivity contribution in [3.05, 3.63) is 0 Å². The molecule has 0 aliphatic heterocycles. The Morgan fingerprint density at radius 3 is 1.15 bits per heavy atom. The molecule has 20 heavy (non-hydrogen) atoms. The van der Waals surface area contributed by atoms with E-state index in [1.807, 2.05) is 0 Å². The van der Waals surface area contributed by atoms with Crippen LogP contribution in [0.25, 0.3) is 0 Å². The van der Waals surface area contributed by atoms with Gasteiger partial charge in [-0.1, -0.05) is 70.6 Å². The van der Waals surface area contributed by atoms with Gasteiger partial charge in [0.05, 0.1) is 0 Å². The minimum absolute atomic E-state index is 0.799. The second-order valence-corrected chi connectivity index (χ2v) is 8.17. The third-order valence-corrected chi connectivity index (χ3v) is 7.12. The van der Waals surface area contributed by atoms with Crippen LogP contribution in [0.2, 0.25) is 0 Å². The fourth-order valence-electron chi connectivity index (χ4n) is 6.07. The lowest BCUT2D eigenvalue weighted by molar-refractivity contribution is 0.00688. The molecule has 0 atom stereocenters. The molecule has 0 aromatic carbocycles. The van der Waals surface area contributed by atoms with Crippen LogP contribution >= 0.6 is 0 Å². The standard InChI is InChI=1S/C20H36/c1-2-7-13-18(12-6-1)20(16-10-5-11-17-20)19-14-8-3-4-9-15-19/h18-19H,1-17H2. The normalized spacial score (nSPS) is 30.6. The van der Waals surface area contributed by atoms with Crippen LogP contribution in [0.3, 0.4) is 0 Å². The van der Waals surface area contributed by atoms with Crippen LogP contribution < -0.4 is 0 Å². The van der Waals surface area contributed by atoms with E-state index in [0.717, 1.165) is 17.3 Å². The van der Waals surface area contributed by atoms with Gasteiger partial charge in [-0.05, 0) is 55.8 Å². The third kappa shape index (κ3) is 3.25. The fourth-order valence-corrected chi connectivity index (χ4v) is 6.07. The van der Waals surface area contributed by atoms with Gasteiger partial charge in [0.2, 0.25) is 0 Å². The third-order valence-electron chi connectivity index (χ3n) is 7.12. The van der Waals surface area contributed by atoms with E-state index in [4.69, 9.17) is 0 Å². The van der Waals surface area contributed by atoms with Gasteiger partial charge in [-0.3, -0.25) is 0 Å². The zero-order valence-electron chi connectivity index (χ0n) is 13.7. The van der Waals surface area contributed by atoms with E-state index in [9.17, 15) is 0 Å². The summed E-state index contributed by atoms with van der Waals surface area (Å²) in [7, 11) is 0. The average Bonchev–Trinajstić information content (AvgIpc) is 2.93. The van der Waals surface area contributed by atoms with E-state index in [1.54, 1.807) is 77.0 Å². The number of hydrogen-bond acceptors (Lipinski definition) is 0. The van der Waals surface area contributed by atoms with Crippen LogP contribution in [0, 0.1) is 17.3 Å². The summed E-state index contributed by atoms with van der Waals surface area (Å²) in [5.41, 5.74) is 0.799. The molecule has 3 aliphatic rings. The molecule has 0 N–H and O–H groups in total. The Bertz CT molecular complexity index is 236. The maximum absolute atomic E-state index is 1.60. The summed E-state index contributed by atoms with van der Waals surface area (Å²) in [5.74, 6) is 2.21. The summed E-state index contributed by atoms with van der Waals surface area (Å²) in [6.07, 6.45) is 26.4. The Hall–Kier alpha value is 0. The maximum atomic E-state index is 1.60. The van der Waals surface area contributed by atoms with Gasteiger partial charge in [-0.2, -0.15) is 0 Å². The van der Waals surface area contributed by atoms with Crippen LogP contribution in [-0.4, -0.2) is 0 Å². The Balaban J connectivity index is 1.78. The summed E-state index contributed by atoms with van der Waals surface area (Å²) in [6, 6.07) is 0. The summed E-state index contributed by atoms with van der Waals surface area (Å²) in [6.45, 7) is 0. The van der Waals surface area contributed by atoms with Crippen LogP contribution in [0.4, 0.5) is 0 Å². The zero-order valence-corrected chi connectivity index (χ0v) is 13.7. The smallest absolute Gasteiger partial charge is 0.0241 e. The van der Waals surface area contributed by atoms with Gasteiger partial charge in [0.1, 0.15) is 0 Å². The van der Waals surface area contributed by atoms with Gasteiger partial charge >= 0.3 is 0 Å². The van der Waals surface area contributed by atoms with Crippen molar-refractivity contribution in [1.82, 2.24) is 0 Å². The predicted molar refractivity (Wildman–Crippen MR) is 87.9 cm³/mol. The van der Waals surface area contributed by atoms with E-state index < -0.39 is 0 Å². The molecular formula is C20H36. The average molecular weight is 277 g/mol. The van der Waals surface area contributed by atoms with Gasteiger partial charge < -0.3 is 0 Å². The monoisotopic (exact) mass is 276 g/mol. The van der Waals surface area contributed by atoms with Gasteiger partial charge in [-0.15, -0.1) is 0 Å². The lowest BCUT2D eigenvalue weighted by Crippen LogP contribution is -2.40. The SMILES string of the molecule is C1CCCC(C2(C3CCCCCC3)CCCCC2)CC1.